The molecule has 20 heavy (non-hydrogen) atoms. The van der Waals surface area contributed by atoms with E-state index >= 15 is 0 Å². The van der Waals surface area contributed by atoms with Crippen LogP contribution in [0, 0.1) is 12.8 Å². The molecule has 1 aliphatic heterocycles. The van der Waals surface area contributed by atoms with E-state index in [-0.39, 0.29) is 5.91 Å². The fourth-order valence-electron chi connectivity index (χ4n) is 2.74. The number of amides is 1. The van der Waals surface area contributed by atoms with Gasteiger partial charge < -0.3 is 9.88 Å². The normalized spacial score (nSPS) is 17.8. The van der Waals surface area contributed by atoms with Crippen LogP contribution in [0.15, 0.2) is 18.5 Å². The maximum Gasteiger partial charge on any atom is 0.269 e. The van der Waals surface area contributed by atoms with Crippen molar-refractivity contribution in [2.45, 2.75) is 26.3 Å². The van der Waals surface area contributed by atoms with E-state index in [0.29, 0.717) is 18.2 Å². The van der Waals surface area contributed by atoms with Gasteiger partial charge in [-0.05, 0) is 25.3 Å². The number of nitrogens with zero attached hydrogens (tertiary/aromatic N) is 4. The highest BCUT2D eigenvalue weighted by Gasteiger charge is 2.20. The van der Waals surface area contributed by atoms with Crippen LogP contribution >= 0.6 is 0 Å². The summed E-state index contributed by atoms with van der Waals surface area (Å²) < 4.78 is 3.81. The summed E-state index contributed by atoms with van der Waals surface area (Å²) in [5, 5.41) is 7.20. The minimum Gasteiger partial charge on any atom is -0.350 e. The van der Waals surface area contributed by atoms with Crippen molar-refractivity contribution in [3.05, 3.63) is 35.7 Å². The van der Waals surface area contributed by atoms with E-state index in [9.17, 15) is 4.79 Å². The van der Waals surface area contributed by atoms with Crippen molar-refractivity contribution in [3.63, 3.8) is 0 Å². The van der Waals surface area contributed by atoms with E-state index in [1.165, 1.54) is 0 Å². The van der Waals surface area contributed by atoms with Crippen LogP contribution in [0.25, 0.3) is 0 Å². The minimum absolute atomic E-state index is 0.0537. The maximum absolute atomic E-state index is 12.1. The molecule has 0 unspecified atom stereocenters. The molecule has 0 radical (unpaired) electrons. The summed E-state index contributed by atoms with van der Waals surface area (Å²) in [5.74, 6) is 1.53. The first-order valence-corrected chi connectivity index (χ1v) is 6.92. The Morgan fingerprint density at radius 3 is 3.15 bits per heavy atom. The second-order valence-electron chi connectivity index (χ2n) is 5.40. The van der Waals surface area contributed by atoms with Gasteiger partial charge in [0.05, 0.1) is 5.69 Å². The molecular weight excluding hydrogens is 254 g/mol. The molecule has 1 amide bonds. The van der Waals surface area contributed by atoms with Crippen LogP contribution in [0.4, 0.5) is 0 Å². The second-order valence-corrected chi connectivity index (χ2v) is 5.40. The summed E-state index contributed by atoms with van der Waals surface area (Å²) in [7, 11) is 1.79. The van der Waals surface area contributed by atoms with Crippen LogP contribution in [-0.4, -0.2) is 31.8 Å². The number of aryl methyl sites for hydroxylation is 3. The van der Waals surface area contributed by atoms with Crippen molar-refractivity contribution < 1.29 is 4.79 Å². The minimum atomic E-state index is -0.0537. The van der Waals surface area contributed by atoms with Crippen molar-refractivity contribution in [2.75, 3.05) is 6.54 Å². The zero-order chi connectivity index (χ0) is 14.1. The van der Waals surface area contributed by atoms with Gasteiger partial charge >= 0.3 is 0 Å². The Morgan fingerprint density at radius 1 is 1.55 bits per heavy atom. The molecule has 0 saturated carbocycles. The zero-order valence-electron chi connectivity index (χ0n) is 11.8. The predicted molar refractivity (Wildman–Crippen MR) is 74.3 cm³/mol. The maximum atomic E-state index is 12.1. The van der Waals surface area contributed by atoms with Crippen LogP contribution in [0.3, 0.4) is 0 Å². The smallest absolute Gasteiger partial charge is 0.269 e. The number of fused-ring (bicyclic) bond motifs is 1. The van der Waals surface area contributed by atoms with Crippen LogP contribution < -0.4 is 5.32 Å². The average molecular weight is 273 g/mol. The lowest BCUT2D eigenvalue weighted by molar-refractivity contribution is 0.0935. The van der Waals surface area contributed by atoms with Gasteiger partial charge in [-0.1, -0.05) is 0 Å². The number of rotatable bonds is 3. The number of carbonyl (C=O) groups excluding carboxylic acids is 1. The van der Waals surface area contributed by atoms with Gasteiger partial charge in [0.25, 0.3) is 5.91 Å². The Kier molecular flexibility index (Phi) is 3.30. The molecule has 0 aromatic carbocycles. The monoisotopic (exact) mass is 273 g/mol. The number of carbonyl (C=O) groups is 1. The Labute approximate surface area is 117 Å². The standard InChI is InChI=1S/C14H19N5O/c1-10-7-12(18(2)17-10)14(20)16-9-11-3-5-19-6-4-15-13(19)8-11/h4,6-7,11H,3,5,8-9H2,1-2H3,(H,16,20)/t11-/m1/s1. The lowest BCUT2D eigenvalue weighted by Gasteiger charge is -2.23. The molecule has 3 rings (SSSR count). The topological polar surface area (TPSA) is 64.7 Å². The fraction of sp³-hybridized carbons (Fsp3) is 0.500. The van der Waals surface area contributed by atoms with E-state index in [1.54, 1.807) is 11.7 Å². The summed E-state index contributed by atoms with van der Waals surface area (Å²) in [6, 6.07) is 1.81. The first-order valence-electron chi connectivity index (χ1n) is 6.92. The Balaban J connectivity index is 1.58. The van der Waals surface area contributed by atoms with Crippen molar-refractivity contribution in [3.8, 4) is 0 Å². The number of nitrogens with one attached hydrogen (secondary N) is 1. The average Bonchev–Trinajstić information content (AvgIpc) is 3.01. The van der Waals surface area contributed by atoms with E-state index < -0.39 is 0 Å². The van der Waals surface area contributed by atoms with Crippen molar-refractivity contribution in [2.24, 2.45) is 13.0 Å². The van der Waals surface area contributed by atoms with Gasteiger partial charge in [0.1, 0.15) is 11.5 Å². The van der Waals surface area contributed by atoms with E-state index in [4.69, 9.17) is 0 Å². The number of hydrogen-bond acceptors (Lipinski definition) is 3. The van der Waals surface area contributed by atoms with E-state index in [2.05, 4.69) is 20.0 Å². The SMILES string of the molecule is Cc1cc(C(=O)NC[C@@H]2CCn3ccnc3C2)n(C)n1. The van der Waals surface area contributed by atoms with Gasteiger partial charge in [-0.25, -0.2) is 4.98 Å². The lowest BCUT2D eigenvalue weighted by Crippen LogP contribution is -2.34. The zero-order valence-corrected chi connectivity index (χ0v) is 11.8. The Morgan fingerprint density at radius 2 is 2.40 bits per heavy atom. The first-order chi connectivity index (χ1) is 9.63. The second kappa shape index (κ2) is 5.11. The van der Waals surface area contributed by atoms with Gasteiger partial charge in [0, 0.05) is 39.0 Å². The highest BCUT2D eigenvalue weighted by atomic mass is 16.2. The van der Waals surface area contributed by atoms with Gasteiger partial charge in [0.2, 0.25) is 0 Å². The molecule has 106 valence electrons. The van der Waals surface area contributed by atoms with Crippen molar-refractivity contribution in [1.82, 2.24) is 24.6 Å². The van der Waals surface area contributed by atoms with Crippen molar-refractivity contribution >= 4 is 5.91 Å². The quantitative estimate of drug-likeness (QED) is 0.904. The number of aromatic nitrogens is 4. The third-order valence-corrected chi connectivity index (χ3v) is 3.84. The molecular formula is C14H19N5O. The van der Waals surface area contributed by atoms with Crippen LogP contribution in [0.5, 0.6) is 0 Å². The highest BCUT2D eigenvalue weighted by Crippen LogP contribution is 2.18. The fourth-order valence-corrected chi connectivity index (χ4v) is 2.74. The third-order valence-electron chi connectivity index (χ3n) is 3.84. The Bertz CT molecular complexity index is 627. The molecule has 0 spiro atoms. The molecule has 6 heteroatoms. The summed E-state index contributed by atoms with van der Waals surface area (Å²) in [6.45, 7) is 3.56. The first kappa shape index (κ1) is 12.9. The molecule has 0 saturated heterocycles. The van der Waals surface area contributed by atoms with Gasteiger partial charge in [-0.3, -0.25) is 9.48 Å². The Hall–Kier alpha value is -2.11. The molecule has 1 N–H and O–H groups in total. The van der Waals surface area contributed by atoms with Gasteiger partial charge in [-0.15, -0.1) is 0 Å². The molecule has 2 aromatic heterocycles. The molecule has 0 fully saturated rings. The summed E-state index contributed by atoms with van der Waals surface area (Å²) >= 11 is 0. The molecule has 0 aliphatic carbocycles. The lowest BCUT2D eigenvalue weighted by atomic mass is 9.98. The van der Waals surface area contributed by atoms with Gasteiger partial charge in [0.15, 0.2) is 0 Å². The number of imidazole rings is 1. The highest BCUT2D eigenvalue weighted by molar-refractivity contribution is 5.92. The summed E-state index contributed by atoms with van der Waals surface area (Å²) in [6.07, 6.45) is 5.86. The predicted octanol–water partition coefficient (Wildman–Crippen LogP) is 0.917. The third kappa shape index (κ3) is 2.45. The van der Waals surface area contributed by atoms with Crippen LogP contribution in [0.2, 0.25) is 0 Å². The molecule has 6 nitrogen and oxygen atoms in total. The van der Waals surface area contributed by atoms with E-state index in [1.807, 2.05) is 25.4 Å². The van der Waals surface area contributed by atoms with Crippen molar-refractivity contribution in [1.29, 1.82) is 0 Å². The molecule has 2 aromatic rings. The molecule has 0 bridgehead atoms. The van der Waals surface area contributed by atoms with Crippen LogP contribution in [-0.2, 0) is 20.0 Å². The molecule has 3 heterocycles. The van der Waals surface area contributed by atoms with Crippen LogP contribution in [0.1, 0.15) is 28.4 Å². The molecule has 1 aliphatic rings. The van der Waals surface area contributed by atoms with E-state index in [0.717, 1.165) is 30.9 Å². The molecule has 1 atom stereocenters. The summed E-state index contributed by atoms with van der Waals surface area (Å²) in [4.78, 5) is 16.5. The largest absolute Gasteiger partial charge is 0.350 e. The number of hydrogen-bond donors (Lipinski definition) is 1. The van der Waals surface area contributed by atoms with Gasteiger partial charge in [-0.2, -0.15) is 5.10 Å². The summed E-state index contributed by atoms with van der Waals surface area (Å²) in [5.41, 5.74) is 1.47.